The molecule has 2 saturated carbocycles. The zero-order valence-electron chi connectivity index (χ0n) is 16.0. The third kappa shape index (κ3) is 6.07. The summed E-state index contributed by atoms with van der Waals surface area (Å²) in [5.74, 6) is 0.544. The van der Waals surface area contributed by atoms with Crippen molar-refractivity contribution in [2.45, 2.75) is 103 Å². The number of Topliss-reactive ketones (excluding diaryl/α,β-unsaturated/α-hetero) is 1. The Balaban J connectivity index is 1.68. The maximum Gasteiger partial charge on any atom is 0.309 e. The van der Waals surface area contributed by atoms with E-state index in [-0.39, 0.29) is 29.8 Å². The van der Waals surface area contributed by atoms with E-state index in [1.54, 1.807) is 0 Å². The number of carbonyl (C=O) groups is 2. The molecule has 0 heterocycles. The molecule has 2 aliphatic carbocycles. The molecule has 1 unspecified atom stereocenters. The maximum atomic E-state index is 13.7. The second-order valence-corrected chi connectivity index (χ2v) is 8.02. The number of hydrogen-bond acceptors (Lipinski definition) is 3. The molecule has 0 aromatic heterocycles. The average molecular weight is 355 g/mol. The van der Waals surface area contributed by atoms with Crippen LogP contribution in [-0.2, 0) is 14.3 Å². The van der Waals surface area contributed by atoms with Gasteiger partial charge >= 0.3 is 5.97 Å². The summed E-state index contributed by atoms with van der Waals surface area (Å²) in [4.78, 5) is 24.5. The number of halogens is 1. The zero-order valence-corrected chi connectivity index (χ0v) is 16.0. The van der Waals surface area contributed by atoms with Crippen LogP contribution >= 0.6 is 0 Å². The predicted molar refractivity (Wildman–Crippen MR) is 97.0 cm³/mol. The van der Waals surface area contributed by atoms with Crippen LogP contribution < -0.4 is 0 Å². The SMILES string of the molecule is CCCCC(=O)[C@H]1CC[C@H](C(=O)O[C@H]2CC[C@H](C(F)CC)CC2)CC1. The number of ether oxygens (including phenoxy) is 1. The van der Waals surface area contributed by atoms with Gasteiger partial charge in [0.25, 0.3) is 0 Å². The molecule has 1 atom stereocenters. The van der Waals surface area contributed by atoms with Crippen LogP contribution in [0.5, 0.6) is 0 Å². The summed E-state index contributed by atoms with van der Waals surface area (Å²) in [7, 11) is 0. The first kappa shape index (κ1) is 20.4. The molecule has 0 bridgehead atoms. The fourth-order valence-corrected chi connectivity index (χ4v) is 4.37. The van der Waals surface area contributed by atoms with E-state index in [0.717, 1.165) is 64.2 Å². The molecule has 0 saturated heterocycles. The van der Waals surface area contributed by atoms with Gasteiger partial charge in [-0.1, -0.05) is 20.3 Å². The van der Waals surface area contributed by atoms with Crippen LogP contribution in [0.4, 0.5) is 4.39 Å². The summed E-state index contributed by atoms with van der Waals surface area (Å²) in [6.45, 7) is 3.99. The van der Waals surface area contributed by atoms with E-state index in [9.17, 15) is 14.0 Å². The minimum absolute atomic E-state index is 0.0308. The highest BCUT2D eigenvalue weighted by Gasteiger charge is 2.33. The lowest BCUT2D eigenvalue weighted by atomic mass is 9.79. The Labute approximate surface area is 152 Å². The second kappa shape index (κ2) is 10.3. The lowest BCUT2D eigenvalue weighted by Crippen LogP contribution is -2.32. The van der Waals surface area contributed by atoms with Gasteiger partial charge < -0.3 is 4.74 Å². The number of ketones is 1. The van der Waals surface area contributed by atoms with Crippen molar-refractivity contribution in [3.05, 3.63) is 0 Å². The normalized spacial score (nSPS) is 31.3. The monoisotopic (exact) mass is 354 g/mol. The Hall–Kier alpha value is -0.930. The van der Waals surface area contributed by atoms with E-state index in [0.29, 0.717) is 18.6 Å². The fraction of sp³-hybridized carbons (Fsp3) is 0.905. The number of esters is 1. The van der Waals surface area contributed by atoms with E-state index < -0.39 is 6.17 Å². The zero-order chi connectivity index (χ0) is 18.2. The Morgan fingerprint density at radius 1 is 0.960 bits per heavy atom. The molecule has 2 rings (SSSR count). The summed E-state index contributed by atoms with van der Waals surface area (Å²) in [6, 6.07) is 0. The predicted octanol–water partition coefficient (Wildman–Crippen LogP) is 5.40. The van der Waals surface area contributed by atoms with Gasteiger partial charge in [0, 0.05) is 12.3 Å². The number of alkyl halides is 1. The molecule has 0 N–H and O–H groups in total. The van der Waals surface area contributed by atoms with Crippen LogP contribution in [0.25, 0.3) is 0 Å². The van der Waals surface area contributed by atoms with Crippen LogP contribution in [0.15, 0.2) is 0 Å². The minimum Gasteiger partial charge on any atom is -0.462 e. The summed E-state index contributed by atoms with van der Waals surface area (Å²) in [5.41, 5.74) is 0. The van der Waals surface area contributed by atoms with Crippen LogP contribution in [0.3, 0.4) is 0 Å². The van der Waals surface area contributed by atoms with E-state index >= 15 is 0 Å². The van der Waals surface area contributed by atoms with Gasteiger partial charge in [-0.05, 0) is 70.1 Å². The Kier molecular flexibility index (Phi) is 8.38. The standard InChI is InChI=1S/C21H35FO3/c1-3-5-6-20(23)16-7-9-17(10-8-16)21(24)25-18-13-11-15(12-14-18)19(22)4-2/h15-19H,3-14H2,1-2H3/t15-,16-,17-,18-,19?. The van der Waals surface area contributed by atoms with Gasteiger partial charge in [-0.2, -0.15) is 0 Å². The van der Waals surface area contributed by atoms with Gasteiger partial charge in [-0.3, -0.25) is 9.59 Å². The molecule has 0 radical (unpaired) electrons. The van der Waals surface area contributed by atoms with E-state index in [2.05, 4.69) is 6.92 Å². The smallest absolute Gasteiger partial charge is 0.309 e. The Morgan fingerprint density at radius 3 is 2.12 bits per heavy atom. The molecule has 25 heavy (non-hydrogen) atoms. The van der Waals surface area contributed by atoms with Gasteiger partial charge in [-0.25, -0.2) is 4.39 Å². The van der Waals surface area contributed by atoms with Crippen molar-refractivity contribution in [3.63, 3.8) is 0 Å². The van der Waals surface area contributed by atoms with Crippen molar-refractivity contribution < 1.29 is 18.7 Å². The van der Waals surface area contributed by atoms with E-state index in [1.165, 1.54) is 0 Å². The topological polar surface area (TPSA) is 43.4 Å². The third-order valence-electron chi connectivity index (χ3n) is 6.20. The number of unbranched alkanes of at least 4 members (excludes halogenated alkanes) is 1. The lowest BCUT2D eigenvalue weighted by molar-refractivity contribution is -0.158. The molecular weight excluding hydrogens is 319 g/mol. The van der Waals surface area contributed by atoms with E-state index in [1.807, 2.05) is 6.92 Å². The summed E-state index contributed by atoms with van der Waals surface area (Å²) in [5, 5.41) is 0. The second-order valence-electron chi connectivity index (χ2n) is 8.02. The fourth-order valence-electron chi connectivity index (χ4n) is 4.37. The summed E-state index contributed by atoms with van der Waals surface area (Å²) >= 11 is 0. The van der Waals surface area contributed by atoms with Gasteiger partial charge in [0.1, 0.15) is 18.1 Å². The van der Waals surface area contributed by atoms with Crippen molar-refractivity contribution in [2.75, 3.05) is 0 Å². The number of rotatable bonds is 8. The van der Waals surface area contributed by atoms with Gasteiger partial charge in [0.2, 0.25) is 0 Å². The van der Waals surface area contributed by atoms with Gasteiger partial charge in [0.15, 0.2) is 0 Å². The van der Waals surface area contributed by atoms with E-state index in [4.69, 9.17) is 4.74 Å². The van der Waals surface area contributed by atoms with Crippen molar-refractivity contribution in [1.82, 2.24) is 0 Å². The first-order valence-corrected chi connectivity index (χ1v) is 10.4. The van der Waals surface area contributed by atoms with Crippen LogP contribution in [0.2, 0.25) is 0 Å². The highest BCUT2D eigenvalue weighted by Crippen LogP contribution is 2.34. The number of hydrogen-bond donors (Lipinski definition) is 0. The molecule has 0 aliphatic heterocycles. The summed E-state index contributed by atoms with van der Waals surface area (Å²) < 4.78 is 19.4. The van der Waals surface area contributed by atoms with Crippen LogP contribution in [0.1, 0.15) is 90.9 Å². The molecular formula is C21H35FO3. The highest BCUT2D eigenvalue weighted by atomic mass is 19.1. The van der Waals surface area contributed by atoms with Crippen molar-refractivity contribution in [1.29, 1.82) is 0 Å². The van der Waals surface area contributed by atoms with Crippen molar-refractivity contribution >= 4 is 11.8 Å². The molecule has 2 fully saturated rings. The van der Waals surface area contributed by atoms with Crippen molar-refractivity contribution in [2.24, 2.45) is 17.8 Å². The Morgan fingerprint density at radius 2 is 1.56 bits per heavy atom. The van der Waals surface area contributed by atoms with Crippen molar-refractivity contribution in [3.8, 4) is 0 Å². The molecule has 2 aliphatic rings. The third-order valence-corrected chi connectivity index (χ3v) is 6.20. The molecule has 144 valence electrons. The first-order chi connectivity index (χ1) is 12.0. The maximum absolute atomic E-state index is 13.7. The number of carbonyl (C=O) groups excluding carboxylic acids is 2. The molecule has 0 aromatic rings. The molecule has 3 nitrogen and oxygen atoms in total. The highest BCUT2D eigenvalue weighted by molar-refractivity contribution is 5.81. The quantitative estimate of drug-likeness (QED) is 0.548. The van der Waals surface area contributed by atoms with Crippen LogP contribution in [-0.4, -0.2) is 24.0 Å². The first-order valence-electron chi connectivity index (χ1n) is 10.4. The molecule has 0 aromatic carbocycles. The molecule has 0 amide bonds. The minimum atomic E-state index is -0.711. The Bertz CT molecular complexity index is 421. The van der Waals surface area contributed by atoms with Crippen LogP contribution in [0, 0.1) is 17.8 Å². The summed E-state index contributed by atoms with van der Waals surface area (Å²) in [6.07, 6.45) is 9.00. The lowest BCUT2D eigenvalue weighted by Gasteiger charge is -2.32. The van der Waals surface area contributed by atoms with Gasteiger partial charge in [-0.15, -0.1) is 0 Å². The van der Waals surface area contributed by atoms with Gasteiger partial charge in [0.05, 0.1) is 5.92 Å². The molecule has 0 spiro atoms. The largest absolute Gasteiger partial charge is 0.462 e. The average Bonchev–Trinajstić information content (AvgIpc) is 2.66. The molecule has 4 heteroatoms.